The van der Waals surface area contributed by atoms with Crippen molar-refractivity contribution in [3.8, 4) is 0 Å². The molecule has 6 nitrogen and oxygen atoms in total. The summed E-state index contributed by atoms with van der Waals surface area (Å²) in [5.41, 5.74) is 0.437. The van der Waals surface area contributed by atoms with Gasteiger partial charge in [0.2, 0.25) is 5.91 Å². The monoisotopic (exact) mass is 376 g/mol. The zero-order valence-corrected chi connectivity index (χ0v) is 13.5. The lowest BCUT2D eigenvalue weighted by molar-refractivity contribution is -0.138. The van der Waals surface area contributed by atoms with Gasteiger partial charge in [-0.2, -0.15) is 0 Å². The minimum Gasteiger partial charge on any atom is -0.481 e. The van der Waals surface area contributed by atoms with Crippen LogP contribution in [0, 0.1) is 5.92 Å². The summed E-state index contributed by atoms with van der Waals surface area (Å²) in [5.74, 6) is -1.87. The molecule has 1 atom stereocenters. The third kappa shape index (κ3) is 6.59. The fourth-order valence-corrected chi connectivity index (χ4v) is 2.03. The van der Waals surface area contributed by atoms with Gasteiger partial charge in [-0.3, -0.25) is 14.9 Å². The molecule has 3 N–H and O–H groups in total. The number of hydrogen-bond donors (Lipinski definition) is 3. The zero-order chi connectivity index (χ0) is 16.0. The number of anilines is 1. The molecule has 0 saturated carbocycles. The first-order chi connectivity index (χ1) is 9.77. The van der Waals surface area contributed by atoms with Crippen LogP contribution in [0.15, 0.2) is 22.7 Å². The predicted molar refractivity (Wildman–Crippen MR) is 82.3 cm³/mol. The van der Waals surface area contributed by atoms with Crippen LogP contribution in [0.1, 0.15) is 19.8 Å². The van der Waals surface area contributed by atoms with E-state index in [-0.39, 0.29) is 18.8 Å². The Kier molecular flexibility index (Phi) is 6.64. The number of rotatable bonds is 5. The number of benzene rings is 1. The van der Waals surface area contributed by atoms with E-state index in [1.54, 1.807) is 19.1 Å². The first kappa shape index (κ1) is 17.5. The van der Waals surface area contributed by atoms with Gasteiger partial charge in [0.1, 0.15) is 0 Å². The molecule has 0 radical (unpaired) electrons. The number of nitrogens with one attached hydrogen (secondary N) is 2. The number of carboxylic acid groups (broad SMARTS) is 1. The van der Waals surface area contributed by atoms with Crippen molar-refractivity contribution in [2.45, 2.75) is 19.8 Å². The second-order valence-electron chi connectivity index (χ2n) is 4.54. The van der Waals surface area contributed by atoms with Gasteiger partial charge in [0, 0.05) is 23.0 Å². The molecule has 0 fully saturated rings. The highest BCUT2D eigenvalue weighted by Gasteiger charge is 2.15. The van der Waals surface area contributed by atoms with Crippen LogP contribution in [0.4, 0.5) is 10.5 Å². The van der Waals surface area contributed by atoms with E-state index in [1.807, 2.05) is 0 Å². The average Bonchev–Trinajstić information content (AvgIpc) is 2.32. The van der Waals surface area contributed by atoms with Crippen LogP contribution in [0.5, 0.6) is 0 Å². The van der Waals surface area contributed by atoms with Crippen molar-refractivity contribution in [3.05, 3.63) is 27.7 Å². The maximum absolute atomic E-state index is 11.6. The van der Waals surface area contributed by atoms with Gasteiger partial charge in [0.15, 0.2) is 0 Å². The molecule has 0 saturated heterocycles. The number of halogens is 2. The Balaban J connectivity index is 2.47. The van der Waals surface area contributed by atoms with Crippen LogP contribution in [-0.4, -0.2) is 23.0 Å². The van der Waals surface area contributed by atoms with Crippen molar-refractivity contribution in [3.63, 3.8) is 0 Å². The van der Waals surface area contributed by atoms with E-state index in [0.29, 0.717) is 15.2 Å². The van der Waals surface area contributed by atoms with Crippen molar-refractivity contribution in [1.82, 2.24) is 5.32 Å². The number of hydrogen-bond acceptors (Lipinski definition) is 3. The number of urea groups is 1. The molecule has 0 bridgehead atoms. The Morgan fingerprint density at radius 3 is 2.57 bits per heavy atom. The van der Waals surface area contributed by atoms with Gasteiger partial charge < -0.3 is 10.4 Å². The van der Waals surface area contributed by atoms with Crippen molar-refractivity contribution in [1.29, 1.82) is 0 Å². The summed E-state index contributed by atoms with van der Waals surface area (Å²) in [6.07, 6.45) is -0.168. The Morgan fingerprint density at radius 2 is 2.00 bits per heavy atom. The third-order valence-corrected chi connectivity index (χ3v) is 3.72. The summed E-state index contributed by atoms with van der Waals surface area (Å²) >= 11 is 9.10. The maximum Gasteiger partial charge on any atom is 0.325 e. The Bertz CT molecular complexity index is 565. The standard InChI is InChI=1S/C13H14BrClN2O4/c1-7(5-12(19)20)4-11(18)17-13(21)16-8-2-3-9(14)10(15)6-8/h2-3,6-7H,4-5H2,1H3,(H,19,20)(H2,16,17,18,21). The average molecular weight is 378 g/mol. The van der Waals surface area contributed by atoms with E-state index < -0.39 is 17.9 Å². The van der Waals surface area contributed by atoms with Gasteiger partial charge in [-0.05, 0) is 40.0 Å². The molecule has 0 aromatic heterocycles. The topological polar surface area (TPSA) is 95.5 Å². The molecule has 21 heavy (non-hydrogen) atoms. The number of carboxylic acids is 1. The molecule has 1 aromatic carbocycles. The van der Waals surface area contributed by atoms with E-state index in [9.17, 15) is 14.4 Å². The molecule has 0 spiro atoms. The fourth-order valence-electron chi connectivity index (χ4n) is 1.60. The van der Waals surface area contributed by atoms with E-state index in [1.165, 1.54) is 6.07 Å². The Labute approximate surface area is 135 Å². The lowest BCUT2D eigenvalue weighted by Crippen LogP contribution is -2.35. The fraction of sp³-hybridized carbons (Fsp3) is 0.308. The molecule has 1 rings (SSSR count). The van der Waals surface area contributed by atoms with Gasteiger partial charge in [-0.1, -0.05) is 18.5 Å². The highest BCUT2D eigenvalue weighted by Crippen LogP contribution is 2.25. The van der Waals surface area contributed by atoms with Crippen LogP contribution >= 0.6 is 27.5 Å². The molecule has 1 unspecified atom stereocenters. The molecule has 3 amide bonds. The SMILES string of the molecule is CC(CC(=O)O)CC(=O)NC(=O)Nc1ccc(Br)c(Cl)c1. The summed E-state index contributed by atoms with van der Waals surface area (Å²) in [7, 11) is 0. The summed E-state index contributed by atoms with van der Waals surface area (Å²) < 4.78 is 0.689. The second-order valence-corrected chi connectivity index (χ2v) is 5.80. The molecule has 114 valence electrons. The van der Waals surface area contributed by atoms with E-state index in [4.69, 9.17) is 16.7 Å². The van der Waals surface area contributed by atoms with Crippen molar-refractivity contribution in [2.75, 3.05) is 5.32 Å². The highest BCUT2D eigenvalue weighted by atomic mass is 79.9. The number of carbonyl (C=O) groups is 3. The minimum atomic E-state index is -0.982. The maximum atomic E-state index is 11.6. The normalized spacial score (nSPS) is 11.6. The highest BCUT2D eigenvalue weighted by molar-refractivity contribution is 9.10. The minimum absolute atomic E-state index is 0.0409. The molecule has 0 heterocycles. The molecule has 1 aromatic rings. The van der Waals surface area contributed by atoms with Gasteiger partial charge in [-0.25, -0.2) is 4.79 Å². The van der Waals surface area contributed by atoms with Crippen molar-refractivity contribution >= 4 is 51.1 Å². The van der Waals surface area contributed by atoms with Crippen LogP contribution in [-0.2, 0) is 9.59 Å². The van der Waals surface area contributed by atoms with E-state index >= 15 is 0 Å². The zero-order valence-electron chi connectivity index (χ0n) is 11.2. The summed E-state index contributed by atoms with van der Waals surface area (Å²) in [4.78, 5) is 33.7. The van der Waals surface area contributed by atoms with Crippen molar-refractivity contribution in [2.24, 2.45) is 5.92 Å². The molecule has 0 aliphatic rings. The molecular weight excluding hydrogens is 364 g/mol. The van der Waals surface area contributed by atoms with Crippen LogP contribution in [0.2, 0.25) is 5.02 Å². The van der Waals surface area contributed by atoms with E-state index in [0.717, 1.165) is 0 Å². The van der Waals surface area contributed by atoms with Gasteiger partial charge in [0.05, 0.1) is 5.02 Å². The first-order valence-electron chi connectivity index (χ1n) is 6.05. The van der Waals surface area contributed by atoms with Crippen LogP contribution in [0.25, 0.3) is 0 Å². The predicted octanol–water partition coefficient (Wildman–Crippen LogP) is 3.25. The summed E-state index contributed by atoms with van der Waals surface area (Å²) in [5, 5.41) is 13.6. The van der Waals surface area contributed by atoms with Gasteiger partial charge in [-0.15, -0.1) is 0 Å². The largest absolute Gasteiger partial charge is 0.481 e. The Morgan fingerprint density at radius 1 is 1.33 bits per heavy atom. The lowest BCUT2D eigenvalue weighted by Gasteiger charge is -2.10. The van der Waals surface area contributed by atoms with Crippen LogP contribution < -0.4 is 10.6 Å². The van der Waals surface area contributed by atoms with Gasteiger partial charge in [0.25, 0.3) is 0 Å². The number of imide groups is 1. The number of carbonyl (C=O) groups excluding carboxylic acids is 2. The quantitative estimate of drug-likeness (QED) is 0.734. The molecule has 0 aliphatic carbocycles. The first-order valence-corrected chi connectivity index (χ1v) is 7.22. The second kappa shape index (κ2) is 7.99. The van der Waals surface area contributed by atoms with Crippen LogP contribution in [0.3, 0.4) is 0 Å². The van der Waals surface area contributed by atoms with E-state index in [2.05, 4.69) is 26.6 Å². The number of aliphatic carboxylic acids is 1. The third-order valence-electron chi connectivity index (χ3n) is 2.49. The number of amides is 3. The summed E-state index contributed by atoms with van der Waals surface area (Å²) in [6.45, 7) is 1.63. The van der Waals surface area contributed by atoms with Gasteiger partial charge >= 0.3 is 12.0 Å². The Hall–Kier alpha value is -1.60. The summed E-state index contributed by atoms with van der Waals surface area (Å²) in [6, 6.07) is 4.12. The lowest BCUT2D eigenvalue weighted by atomic mass is 10.0. The smallest absolute Gasteiger partial charge is 0.325 e. The van der Waals surface area contributed by atoms with Crippen molar-refractivity contribution < 1.29 is 19.5 Å². The molecular formula is C13H14BrClN2O4. The molecule has 8 heteroatoms. The molecule has 0 aliphatic heterocycles.